The molecule has 118 valence electrons. The van der Waals surface area contributed by atoms with E-state index < -0.39 is 5.54 Å². The van der Waals surface area contributed by atoms with Crippen LogP contribution in [0.3, 0.4) is 0 Å². The average Bonchev–Trinajstić information content (AvgIpc) is 3.22. The summed E-state index contributed by atoms with van der Waals surface area (Å²) in [7, 11) is 0. The van der Waals surface area contributed by atoms with Crippen molar-refractivity contribution in [1.82, 2.24) is 0 Å². The van der Waals surface area contributed by atoms with E-state index in [1.165, 1.54) is 0 Å². The summed E-state index contributed by atoms with van der Waals surface area (Å²) in [6, 6.07) is 19.9. The third-order valence-electron chi connectivity index (χ3n) is 4.55. The van der Waals surface area contributed by atoms with E-state index in [1.807, 2.05) is 36.4 Å². The van der Waals surface area contributed by atoms with Crippen LogP contribution in [0, 0.1) is 0 Å². The zero-order valence-electron chi connectivity index (χ0n) is 12.9. The molecule has 0 amide bonds. The number of rotatable bonds is 4. The summed E-state index contributed by atoms with van der Waals surface area (Å²) >= 11 is 0. The molecule has 2 N–H and O–H groups in total. The maximum Gasteiger partial charge on any atom is 0.249 e. The van der Waals surface area contributed by atoms with Gasteiger partial charge in [0.05, 0.1) is 6.26 Å². The molecule has 0 saturated carbocycles. The Bertz CT molecular complexity index is 863. The van der Waals surface area contributed by atoms with Crippen LogP contribution < -0.4 is 5.32 Å². The van der Waals surface area contributed by atoms with E-state index >= 15 is 0 Å². The number of ketones is 2. The van der Waals surface area contributed by atoms with Gasteiger partial charge in [-0.2, -0.15) is 0 Å². The molecule has 0 aliphatic heterocycles. The van der Waals surface area contributed by atoms with Crippen molar-refractivity contribution in [1.29, 1.82) is 0 Å². The minimum atomic E-state index is -1.28. The van der Waals surface area contributed by atoms with Crippen molar-refractivity contribution in [2.75, 3.05) is 0 Å². The smallest absolute Gasteiger partial charge is 0.249 e. The highest BCUT2D eigenvalue weighted by Crippen LogP contribution is 2.34. The third kappa shape index (κ3) is 2.04. The van der Waals surface area contributed by atoms with Crippen LogP contribution in [0.5, 0.6) is 0 Å². The standard InChI is InChI=1S/C20H15NO3/c22-18-16-10-4-5-11-17(16)19(23)20(18,14-7-2-1-3-8-14)21-13-15-9-6-12-24-15/h1-12,21H,13H2/p+1. The monoisotopic (exact) mass is 318 g/mol. The Kier molecular flexibility index (Phi) is 3.40. The molecule has 4 heteroatoms. The summed E-state index contributed by atoms with van der Waals surface area (Å²) < 4.78 is 5.37. The second-order valence-corrected chi connectivity index (χ2v) is 5.87. The first kappa shape index (κ1) is 14.6. The van der Waals surface area contributed by atoms with Crippen molar-refractivity contribution in [3.05, 3.63) is 95.4 Å². The van der Waals surface area contributed by atoms with Crippen LogP contribution in [0.25, 0.3) is 0 Å². The van der Waals surface area contributed by atoms with Gasteiger partial charge in [0.1, 0.15) is 6.54 Å². The Labute approximate surface area is 139 Å². The second-order valence-electron chi connectivity index (χ2n) is 5.87. The number of quaternary nitrogens is 1. The lowest BCUT2D eigenvalue weighted by Gasteiger charge is -2.23. The molecule has 0 bridgehead atoms. The largest absolute Gasteiger partial charge is 0.463 e. The predicted molar refractivity (Wildman–Crippen MR) is 87.6 cm³/mol. The van der Waals surface area contributed by atoms with Gasteiger partial charge in [-0.05, 0) is 12.1 Å². The number of benzene rings is 2. The van der Waals surface area contributed by atoms with Gasteiger partial charge in [0.25, 0.3) is 0 Å². The quantitative estimate of drug-likeness (QED) is 0.751. The number of fused-ring (bicyclic) bond motifs is 1. The van der Waals surface area contributed by atoms with Gasteiger partial charge in [-0.3, -0.25) is 9.59 Å². The van der Waals surface area contributed by atoms with Gasteiger partial charge in [0, 0.05) is 16.7 Å². The van der Waals surface area contributed by atoms with Gasteiger partial charge in [-0.25, -0.2) is 0 Å². The molecule has 1 aromatic heterocycles. The first-order valence-electron chi connectivity index (χ1n) is 7.84. The molecule has 2 aromatic carbocycles. The molecule has 3 aromatic rings. The lowest BCUT2D eigenvalue weighted by atomic mass is 9.84. The number of Topliss-reactive ketones (excluding diaryl/α,β-unsaturated/α-hetero) is 2. The fourth-order valence-corrected chi connectivity index (χ4v) is 3.36. The summed E-state index contributed by atoms with van der Waals surface area (Å²) in [5.74, 6) is 0.392. The van der Waals surface area contributed by atoms with Gasteiger partial charge in [-0.1, -0.05) is 54.6 Å². The molecular weight excluding hydrogens is 302 g/mol. The van der Waals surface area contributed by atoms with Crippen LogP contribution in [-0.2, 0) is 12.1 Å². The SMILES string of the molecule is O=C1c2ccccc2C(=O)C1([NH2+]Cc1ccco1)c1ccccc1. The Morgan fingerprint density at radius 3 is 2.00 bits per heavy atom. The molecule has 0 radical (unpaired) electrons. The molecular formula is C20H16NO3+. The average molecular weight is 318 g/mol. The van der Waals surface area contributed by atoms with Crippen LogP contribution in [0.2, 0.25) is 0 Å². The zero-order chi connectivity index (χ0) is 16.6. The lowest BCUT2D eigenvalue weighted by Crippen LogP contribution is -2.97. The van der Waals surface area contributed by atoms with Gasteiger partial charge >= 0.3 is 0 Å². The highest BCUT2D eigenvalue weighted by molar-refractivity contribution is 6.31. The van der Waals surface area contributed by atoms with Crippen molar-refractivity contribution in [3.8, 4) is 0 Å². The Morgan fingerprint density at radius 2 is 1.42 bits per heavy atom. The third-order valence-corrected chi connectivity index (χ3v) is 4.55. The minimum Gasteiger partial charge on any atom is -0.463 e. The predicted octanol–water partition coefficient (Wildman–Crippen LogP) is 2.32. The molecule has 0 saturated heterocycles. The molecule has 1 aliphatic rings. The fourth-order valence-electron chi connectivity index (χ4n) is 3.36. The fraction of sp³-hybridized carbons (Fsp3) is 0.100. The summed E-state index contributed by atoms with van der Waals surface area (Å²) in [6.07, 6.45) is 1.59. The normalized spacial score (nSPS) is 15.5. The molecule has 0 spiro atoms. The molecule has 1 aliphatic carbocycles. The van der Waals surface area contributed by atoms with E-state index in [9.17, 15) is 9.59 Å². The highest BCUT2D eigenvalue weighted by Gasteiger charge is 2.57. The van der Waals surface area contributed by atoms with Gasteiger partial charge in [0.15, 0.2) is 5.76 Å². The van der Waals surface area contributed by atoms with E-state index in [0.717, 1.165) is 5.76 Å². The first-order chi connectivity index (χ1) is 11.7. The highest BCUT2D eigenvalue weighted by atomic mass is 16.3. The molecule has 4 rings (SSSR count). The number of nitrogens with two attached hydrogens (primary N) is 1. The molecule has 4 nitrogen and oxygen atoms in total. The second kappa shape index (κ2) is 5.58. The Balaban J connectivity index is 1.83. The van der Waals surface area contributed by atoms with Crippen LogP contribution in [0.1, 0.15) is 32.0 Å². The van der Waals surface area contributed by atoms with E-state index in [1.54, 1.807) is 41.9 Å². The van der Waals surface area contributed by atoms with Crippen LogP contribution in [-0.4, -0.2) is 11.6 Å². The Hall–Kier alpha value is -2.98. The summed E-state index contributed by atoms with van der Waals surface area (Å²) in [4.78, 5) is 26.4. The number of hydrogen-bond donors (Lipinski definition) is 1. The molecule has 1 heterocycles. The van der Waals surface area contributed by atoms with Gasteiger partial charge in [0.2, 0.25) is 17.1 Å². The summed E-state index contributed by atoms with van der Waals surface area (Å²) in [6.45, 7) is 0.410. The first-order valence-corrected chi connectivity index (χ1v) is 7.84. The lowest BCUT2D eigenvalue weighted by molar-refractivity contribution is -0.719. The van der Waals surface area contributed by atoms with E-state index in [4.69, 9.17) is 4.42 Å². The summed E-state index contributed by atoms with van der Waals surface area (Å²) in [5, 5.41) is 1.78. The van der Waals surface area contributed by atoms with E-state index in [-0.39, 0.29) is 11.6 Å². The molecule has 0 unspecified atom stereocenters. The zero-order valence-corrected chi connectivity index (χ0v) is 12.9. The number of hydrogen-bond acceptors (Lipinski definition) is 3. The van der Waals surface area contributed by atoms with Gasteiger partial charge in [-0.15, -0.1) is 0 Å². The number of furan rings is 1. The molecule has 0 atom stereocenters. The maximum atomic E-state index is 13.2. The number of carbonyl (C=O) groups excluding carboxylic acids is 2. The van der Waals surface area contributed by atoms with Crippen molar-refractivity contribution in [2.45, 2.75) is 12.1 Å². The topological polar surface area (TPSA) is 63.9 Å². The molecule has 0 fully saturated rings. The van der Waals surface area contributed by atoms with Crippen molar-refractivity contribution in [3.63, 3.8) is 0 Å². The van der Waals surface area contributed by atoms with Gasteiger partial charge < -0.3 is 9.73 Å². The van der Waals surface area contributed by atoms with E-state index in [2.05, 4.69) is 0 Å². The number of carbonyl (C=O) groups is 2. The van der Waals surface area contributed by atoms with Crippen molar-refractivity contribution < 1.29 is 19.3 Å². The van der Waals surface area contributed by atoms with Crippen LogP contribution in [0.15, 0.2) is 77.4 Å². The van der Waals surface area contributed by atoms with Crippen molar-refractivity contribution >= 4 is 11.6 Å². The van der Waals surface area contributed by atoms with E-state index in [0.29, 0.717) is 23.2 Å². The summed E-state index contributed by atoms with van der Waals surface area (Å²) in [5.41, 5.74) is 0.393. The van der Waals surface area contributed by atoms with Crippen molar-refractivity contribution in [2.24, 2.45) is 0 Å². The minimum absolute atomic E-state index is 0.166. The van der Waals surface area contributed by atoms with Crippen LogP contribution in [0.4, 0.5) is 0 Å². The Morgan fingerprint density at radius 1 is 0.792 bits per heavy atom. The van der Waals surface area contributed by atoms with Crippen LogP contribution >= 0.6 is 0 Å². The molecule has 24 heavy (non-hydrogen) atoms. The maximum absolute atomic E-state index is 13.2.